The zero-order valence-corrected chi connectivity index (χ0v) is 15.0. The smallest absolute Gasteiger partial charge is 0.263 e. The van der Waals surface area contributed by atoms with E-state index in [1.165, 1.54) is 6.20 Å². The van der Waals surface area contributed by atoms with E-state index >= 15 is 0 Å². The predicted molar refractivity (Wildman–Crippen MR) is 101 cm³/mol. The van der Waals surface area contributed by atoms with Gasteiger partial charge in [0.05, 0.1) is 13.2 Å². The van der Waals surface area contributed by atoms with Crippen molar-refractivity contribution in [1.82, 2.24) is 10.6 Å². The number of methoxy groups -OCH3 is 1. The van der Waals surface area contributed by atoms with Gasteiger partial charge in [0, 0.05) is 12.7 Å². The SMILES string of the molecule is COc1ccccc1CCN/C=C(/C#N)C(=O)NC(C)c1ccccc1. The van der Waals surface area contributed by atoms with E-state index in [9.17, 15) is 10.1 Å². The summed E-state index contributed by atoms with van der Waals surface area (Å²) in [6.45, 7) is 2.48. The molecule has 1 amide bonds. The summed E-state index contributed by atoms with van der Waals surface area (Å²) in [6, 6.07) is 19.2. The molecule has 0 aromatic heterocycles. The number of benzene rings is 2. The fourth-order valence-electron chi connectivity index (χ4n) is 2.54. The molecular weight excluding hydrogens is 326 g/mol. The Morgan fingerprint density at radius 1 is 1.19 bits per heavy atom. The summed E-state index contributed by atoms with van der Waals surface area (Å²) in [5.41, 5.74) is 2.10. The molecule has 0 saturated heterocycles. The normalized spacial score (nSPS) is 12.0. The highest BCUT2D eigenvalue weighted by Gasteiger charge is 2.13. The Kier molecular flexibility index (Phi) is 7.26. The topological polar surface area (TPSA) is 74.1 Å². The van der Waals surface area contributed by atoms with Crippen molar-refractivity contribution in [3.05, 3.63) is 77.5 Å². The van der Waals surface area contributed by atoms with Crippen LogP contribution in [0, 0.1) is 11.3 Å². The van der Waals surface area contributed by atoms with Gasteiger partial charge in [0.25, 0.3) is 5.91 Å². The van der Waals surface area contributed by atoms with Crippen molar-refractivity contribution in [3.8, 4) is 11.8 Å². The Morgan fingerprint density at radius 3 is 2.58 bits per heavy atom. The summed E-state index contributed by atoms with van der Waals surface area (Å²) in [6.07, 6.45) is 2.18. The van der Waals surface area contributed by atoms with Crippen LogP contribution in [0.15, 0.2) is 66.4 Å². The molecule has 1 atom stereocenters. The Labute approximate surface area is 154 Å². The molecule has 0 heterocycles. The molecule has 0 aliphatic heterocycles. The van der Waals surface area contributed by atoms with Crippen LogP contribution < -0.4 is 15.4 Å². The minimum Gasteiger partial charge on any atom is -0.496 e. The van der Waals surface area contributed by atoms with E-state index in [0.717, 1.165) is 23.3 Å². The van der Waals surface area contributed by atoms with Crippen molar-refractivity contribution in [1.29, 1.82) is 5.26 Å². The maximum atomic E-state index is 12.3. The lowest BCUT2D eigenvalue weighted by Gasteiger charge is -2.14. The monoisotopic (exact) mass is 349 g/mol. The van der Waals surface area contributed by atoms with E-state index in [1.54, 1.807) is 7.11 Å². The van der Waals surface area contributed by atoms with Gasteiger partial charge in [-0.2, -0.15) is 5.26 Å². The highest BCUT2D eigenvalue weighted by atomic mass is 16.5. The Bertz CT molecular complexity index is 794. The van der Waals surface area contributed by atoms with E-state index in [2.05, 4.69) is 10.6 Å². The van der Waals surface area contributed by atoms with Gasteiger partial charge in [-0.15, -0.1) is 0 Å². The fourth-order valence-corrected chi connectivity index (χ4v) is 2.54. The van der Waals surface area contributed by atoms with Gasteiger partial charge in [-0.25, -0.2) is 0 Å². The largest absolute Gasteiger partial charge is 0.496 e. The molecule has 0 aliphatic carbocycles. The first kappa shape index (κ1) is 19.1. The van der Waals surface area contributed by atoms with Crippen LogP contribution in [0.4, 0.5) is 0 Å². The molecule has 2 rings (SSSR count). The van der Waals surface area contributed by atoms with Crippen molar-refractivity contribution >= 4 is 5.91 Å². The maximum Gasteiger partial charge on any atom is 0.263 e. The van der Waals surface area contributed by atoms with E-state index in [4.69, 9.17) is 4.74 Å². The van der Waals surface area contributed by atoms with Crippen molar-refractivity contribution in [2.75, 3.05) is 13.7 Å². The Hall–Kier alpha value is -3.26. The summed E-state index contributed by atoms with van der Waals surface area (Å²) < 4.78 is 5.31. The van der Waals surface area contributed by atoms with Crippen molar-refractivity contribution in [2.45, 2.75) is 19.4 Å². The second-order valence-electron chi connectivity index (χ2n) is 5.79. The van der Waals surface area contributed by atoms with Crippen molar-refractivity contribution in [3.63, 3.8) is 0 Å². The third kappa shape index (κ3) is 5.38. The lowest BCUT2D eigenvalue weighted by molar-refractivity contribution is -0.117. The molecule has 2 aromatic rings. The number of hydrogen-bond donors (Lipinski definition) is 2. The van der Waals surface area contributed by atoms with Gasteiger partial charge >= 0.3 is 0 Å². The standard InChI is InChI=1S/C21H23N3O2/c1-16(17-8-4-3-5-9-17)24-21(25)19(14-22)15-23-13-12-18-10-6-7-11-20(18)26-2/h3-11,15-16,23H,12-13H2,1-2H3,(H,24,25)/b19-15-. The maximum absolute atomic E-state index is 12.3. The van der Waals surface area contributed by atoms with Gasteiger partial charge in [0.2, 0.25) is 0 Å². The lowest BCUT2D eigenvalue weighted by atomic mass is 10.1. The fraction of sp³-hybridized carbons (Fsp3) is 0.238. The van der Waals surface area contributed by atoms with Crippen molar-refractivity contribution < 1.29 is 9.53 Å². The van der Waals surface area contributed by atoms with E-state index < -0.39 is 5.91 Å². The number of amides is 1. The Morgan fingerprint density at radius 2 is 1.88 bits per heavy atom. The molecule has 2 aromatic carbocycles. The van der Waals surface area contributed by atoms with E-state index in [1.807, 2.05) is 67.6 Å². The van der Waals surface area contributed by atoms with Crippen LogP contribution in [0.3, 0.4) is 0 Å². The van der Waals surface area contributed by atoms with Crippen LogP contribution >= 0.6 is 0 Å². The first-order chi connectivity index (χ1) is 12.7. The summed E-state index contributed by atoms with van der Waals surface area (Å²) in [7, 11) is 1.64. The first-order valence-corrected chi connectivity index (χ1v) is 8.47. The molecule has 5 nitrogen and oxygen atoms in total. The average molecular weight is 349 g/mol. The van der Waals surface area contributed by atoms with Crippen LogP contribution in [0.2, 0.25) is 0 Å². The van der Waals surface area contributed by atoms with Gasteiger partial charge in [-0.1, -0.05) is 48.5 Å². The second kappa shape index (κ2) is 9.90. The van der Waals surface area contributed by atoms with Crippen LogP contribution in [0.1, 0.15) is 24.1 Å². The summed E-state index contributed by atoms with van der Waals surface area (Å²) >= 11 is 0. The number of ether oxygens (including phenoxy) is 1. The van der Waals surface area contributed by atoms with Gasteiger partial charge in [0.1, 0.15) is 17.4 Å². The number of rotatable bonds is 8. The minimum atomic E-state index is -0.395. The highest BCUT2D eigenvalue weighted by Crippen LogP contribution is 2.17. The second-order valence-corrected chi connectivity index (χ2v) is 5.79. The zero-order valence-electron chi connectivity index (χ0n) is 15.0. The summed E-state index contributed by atoms with van der Waals surface area (Å²) in [5.74, 6) is 0.432. The first-order valence-electron chi connectivity index (χ1n) is 8.47. The van der Waals surface area contributed by atoms with Crippen LogP contribution in [-0.2, 0) is 11.2 Å². The van der Waals surface area contributed by atoms with Crippen LogP contribution in [0.25, 0.3) is 0 Å². The molecule has 2 N–H and O–H groups in total. The van der Waals surface area contributed by atoms with Gasteiger partial charge in [-0.3, -0.25) is 4.79 Å². The summed E-state index contributed by atoms with van der Waals surface area (Å²) in [4.78, 5) is 12.3. The van der Waals surface area contributed by atoms with Gasteiger partial charge in [-0.05, 0) is 30.5 Å². The van der Waals surface area contributed by atoms with Crippen LogP contribution in [-0.4, -0.2) is 19.6 Å². The molecule has 1 unspecified atom stereocenters. The van der Waals surface area contributed by atoms with Gasteiger partial charge < -0.3 is 15.4 Å². The molecule has 26 heavy (non-hydrogen) atoms. The number of hydrogen-bond acceptors (Lipinski definition) is 4. The van der Waals surface area contributed by atoms with Gasteiger partial charge in [0.15, 0.2) is 0 Å². The lowest BCUT2D eigenvalue weighted by Crippen LogP contribution is -2.28. The quantitative estimate of drug-likeness (QED) is 0.436. The molecule has 0 saturated carbocycles. The number of carbonyl (C=O) groups is 1. The molecule has 0 spiro atoms. The molecular formula is C21H23N3O2. The molecule has 0 aliphatic rings. The van der Waals surface area contributed by atoms with E-state index in [0.29, 0.717) is 6.54 Å². The number of nitrogens with zero attached hydrogens (tertiary/aromatic N) is 1. The minimum absolute atomic E-state index is 0.0489. The highest BCUT2D eigenvalue weighted by molar-refractivity contribution is 5.97. The predicted octanol–water partition coefficient (Wildman–Crippen LogP) is 3.11. The third-order valence-corrected chi connectivity index (χ3v) is 3.99. The molecule has 0 radical (unpaired) electrons. The number of nitrogens with one attached hydrogen (secondary N) is 2. The zero-order chi connectivity index (χ0) is 18.8. The third-order valence-electron chi connectivity index (χ3n) is 3.99. The van der Waals surface area contributed by atoms with Crippen molar-refractivity contribution in [2.24, 2.45) is 0 Å². The van der Waals surface area contributed by atoms with E-state index in [-0.39, 0.29) is 11.6 Å². The molecule has 134 valence electrons. The van der Waals surface area contributed by atoms with Crippen LogP contribution in [0.5, 0.6) is 5.75 Å². The molecule has 5 heteroatoms. The number of carbonyl (C=O) groups excluding carboxylic acids is 1. The number of para-hydroxylation sites is 1. The Balaban J connectivity index is 1.89. The molecule has 0 bridgehead atoms. The summed E-state index contributed by atoms with van der Waals surface area (Å²) in [5, 5.41) is 15.1. The average Bonchev–Trinajstić information content (AvgIpc) is 2.68. The molecule has 0 fully saturated rings. The number of nitriles is 1.